The lowest BCUT2D eigenvalue weighted by Gasteiger charge is -2.49. The number of thiocarbonyl (C=S) groups is 1. The molecule has 0 bridgehead atoms. The van der Waals surface area contributed by atoms with Crippen molar-refractivity contribution in [3.63, 3.8) is 0 Å². The maximum atomic E-state index is 12.3. The van der Waals surface area contributed by atoms with E-state index in [1.165, 1.54) is 19.3 Å². The molecule has 0 aromatic carbocycles. The van der Waals surface area contributed by atoms with Crippen LogP contribution in [0.25, 0.3) is 0 Å². The fraction of sp³-hybridized carbons (Fsp3) is 0.867. The zero-order valence-electron chi connectivity index (χ0n) is 12.8. The molecule has 0 spiro atoms. The van der Waals surface area contributed by atoms with E-state index >= 15 is 0 Å². The molecule has 3 rings (SSSR count). The molecule has 2 saturated heterocycles. The number of morpholine rings is 1. The highest BCUT2D eigenvalue weighted by Crippen LogP contribution is 2.35. The van der Waals surface area contributed by atoms with Crippen LogP contribution >= 0.6 is 12.2 Å². The Balaban J connectivity index is 1.79. The second-order valence-corrected chi connectivity index (χ2v) is 6.87. The van der Waals surface area contributed by atoms with Crippen LogP contribution in [-0.4, -0.2) is 65.2 Å². The van der Waals surface area contributed by atoms with Crippen LogP contribution in [-0.2, 0) is 9.53 Å². The van der Waals surface area contributed by atoms with Gasteiger partial charge < -0.3 is 10.1 Å². The summed E-state index contributed by atoms with van der Waals surface area (Å²) in [5.41, 5.74) is 0.0908. The van der Waals surface area contributed by atoms with Crippen molar-refractivity contribution in [2.24, 2.45) is 0 Å². The number of amides is 1. The van der Waals surface area contributed by atoms with Gasteiger partial charge in [0.05, 0.1) is 13.2 Å². The standard InChI is InChI=1S/C15H25N3O2S/c1-12-13(19)18(14(21)16-12)11-15(5-3-2-4-6-15)17-7-9-20-10-8-17/h12H,2-11H2,1H3,(H,16,21). The molecule has 1 unspecified atom stereocenters. The van der Waals surface area contributed by atoms with E-state index in [1.54, 1.807) is 4.90 Å². The Bertz CT molecular complexity index is 417. The zero-order chi connectivity index (χ0) is 14.9. The van der Waals surface area contributed by atoms with Gasteiger partial charge in [0, 0.05) is 25.2 Å². The molecule has 1 atom stereocenters. The zero-order valence-corrected chi connectivity index (χ0v) is 13.6. The first-order chi connectivity index (χ1) is 10.1. The second kappa shape index (κ2) is 6.18. The van der Waals surface area contributed by atoms with Gasteiger partial charge in [0.2, 0.25) is 0 Å². The third-order valence-electron chi connectivity index (χ3n) is 5.14. The van der Waals surface area contributed by atoms with Gasteiger partial charge in [-0.15, -0.1) is 0 Å². The summed E-state index contributed by atoms with van der Waals surface area (Å²) < 4.78 is 5.50. The van der Waals surface area contributed by atoms with Crippen molar-refractivity contribution in [1.82, 2.24) is 15.1 Å². The minimum Gasteiger partial charge on any atom is -0.379 e. The molecule has 0 aromatic heterocycles. The number of nitrogens with one attached hydrogen (secondary N) is 1. The average Bonchev–Trinajstić information content (AvgIpc) is 2.75. The number of rotatable bonds is 3. The maximum Gasteiger partial charge on any atom is 0.251 e. The lowest BCUT2D eigenvalue weighted by molar-refractivity contribution is -0.129. The van der Waals surface area contributed by atoms with Gasteiger partial charge in [-0.2, -0.15) is 0 Å². The van der Waals surface area contributed by atoms with Crippen LogP contribution in [0.2, 0.25) is 0 Å². The van der Waals surface area contributed by atoms with Crippen LogP contribution in [0.1, 0.15) is 39.0 Å². The molecule has 1 saturated carbocycles. The van der Waals surface area contributed by atoms with Gasteiger partial charge >= 0.3 is 0 Å². The molecule has 2 aliphatic heterocycles. The van der Waals surface area contributed by atoms with Gasteiger partial charge in [0.1, 0.15) is 6.04 Å². The van der Waals surface area contributed by atoms with E-state index in [0.29, 0.717) is 5.11 Å². The third kappa shape index (κ3) is 2.94. The van der Waals surface area contributed by atoms with E-state index in [4.69, 9.17) is 17.0 Å². The number of hydrogen-bond acceptors (Lipinski definition) is 4. The van der Waals surface area contributed by atoms with E-state index in [2.05, 4.69) is 10.2 Å². The van der Waals surface area contributed by atoms with Crippen LogP contribution in [0.15, 0.2) is 0 Å². The fourth-order valence-electron chi connectivity index (χ4n) is 3.92. The number of carbonyl (C=O) groups is 1. The van der Waals surface area contributed by atoms with E-state index < -0.39 is 0 Å². The number of carbonyl (C=O) groups excluding carboxylic acids is 1. The minimum absolute atomic E-state index is 0.0908. The van der Waals surface area contributed by atoms with Crippen molar-refractivity contribution >= 4 is 23.2 Å². The Morgan fingerprint density at radius 2 is 1.95 bits per heavy atom. The van der Waals surface area contributed by atoms with Crippen molar-refractivity contribution in [1.29, 1.82) is 0 Å². The van der Waals surface area contributed by atoms with Crippen molar-refractivity contribution in [2.45, 2.75) is 50.6 Å². The Morgan fingerprint density at radius 3 is 2.52 bits per heavy atom. The first-order valence-corrected chi connectivity index (χ1v) is 8.48. The average molecular weight is 311 g/mol. The molecule has 3 fully saturated rings. The van der Waals surface area contributed by atoms with Gasteiger partial charge in [-0.05, 0) is 32.0 Å². The molecule has 1 N–H and O–H groups in total. The van der Waals surface area contributed by atoms with E-state index in [9.17, 15) is 4.79 Å². The van der Waals surface area contributed by atoms with Gasteiger partial charge in [-0.3, -0.25) is 14.6 Å². The van der Waals surface area contributed by atoms with Crippen LogP contribution < -0.4 is 5.32 Å². The topological polar surface area (TPSA) is 44.8 Å². The van der Waals surface area contributed by atoms with Crippen LogP contribution in [0.4, 0.5) is 0 Å². The molecule has 118 valence electrons. The fourth-order valence-corrected chi connectivity index (χ4v) is 4.26. The summed E-state index contributed by atoms with van der Waals surface area (Å²) in [5.74, 6) is 0.123. The van der Waals surface area contributed by atoms with Gasteiger partial charge in [-0.25, -0.2) is 0 Å². The van der Waals surface area contributed by atoms with Gasteiger partial charge in [-0.1, -0.05) is 19.3 Å². The Labute approximate surface area is 132 Å². The monoisotopic (exact) mass is 311 g/mol. The Hall–Kier alpha value is -0.720. The smallest absolute Gasteiger partial charge is 0.251 e. The molecule has 3 aliphatic rings. The lowest BCUT2D eigenvalue weighted by Crippen LogP contribution is -2.60. The molecular formula is C15H25N3O2S. The molecule has 0 radical (unpaired) electrons. The molecule has 6 heteroatoms. The van der Waals surface area contributed by atoms with E-state index in [0.717, 1.165) is 45.7 Å². The third-order valence-corrected chi connectivity index (χ3v) is 5.48. The first-order valence-electron chi connectivity index (χ1n) is 8.07. The molecule has 1 amide bonds. The molecule has 5 nitrogen and oxygen atoms in total. The summed E-state index contributed by atoms with van der Waals surface area (Å²) in [6.07, 6.45) is 6.12. The molecule has 21 heavy (non-hydrogen) atoms. The summed E-state index contributed by atoms with van der Waals surface area (Å²) >= 11 is 5.36. The van der Waals surface area contributed by atoms with Crippen molar-refractivity contribution in [3.8, 4) is 0 Å². The number of nitrogens with zero attached hydrogens (tertiary/aromatic N) is 2. The number of ether oxygens (including phenoxy) is 1. The summed E-state index contributed by atoms with van der Waals surface area (Å²) in [7, 11) is 0. The highest BCUT2D eigenvalue weighted by molar-refractivity contribution is 7.80. The largest absolute Gasteiger partial charge is 0.379 e. The van der Waals surface area contributed by atoms with Crippen LogP contribution in [0, 0.1) is 0 Å². The van der Waals surface area contributed by atoms with E-state index in [-0.39, 0.29) is 17.5 Å². The van der Waals surface area contributed by atoms with Crippen molar-refractivity contribution in [2.75, 3.05) is 32.8 Å². The maximum absolute atomic E-state index is 12.3. The molecule has 2 heterocycles. The molecule has 0 aromatic rings. The van der Waals surface area contributed by atoms with Crippen molar-refractivity contribution in [3.05, 3.63) is 0 Å². The highest BCUT2D eigenvalue weighted by Gasteiger charge is 2.44. The predicted molar refractivity (Wildman–Crippen MR) is 85.1 cm³/mol. The highest BCUT2D eigenvalue weighted by atomic mass is 32.1. The summed E-state index contributed by atoms with van der Waals surface area (Å²) in [6, 6.07) is -0.178. The van der Waals surface area contributed by atoms with E-state index in [1.807, 2.05) is 6.92 Å². The van der Waals surface area contributed by atoms with Crippen LogP contribution in [0.3, 0.4) is 0 Å². The summed E-state index contributed by atoms with van der Waals surface area (Å²) in [5, 5.41) is 3.69. The lowest BCUT2D eigenvalue weighted by atomic mass is 9.79. The SMILES string of the molecule is CC1NC(=S)N(CC2(N3CCOCC3)CCCCC2)C1=O. The molecule has 1 aliphatic carbocycles. The number of hydrogen-bond donors (Lipinski definition) is 1. The van der Waals surface area contributed by atoms with Crippen LogP contribution in [0.5, 0.6) is 0 Å². The van der Waals surface area contributed by atoms with Gasteiger partial charge in [0.25, 0.3) is 5.91 Å². The summed E-state index contributed by atoms with van der Waals surface area (Å²) in [6.45, 7) is 6.16. The second-order valence-electron chi connectivity index (χ2n) is 6.48. The Morgan fingerprint density at radius 1 is 1.29 bits per heavy atom. The van der Waals surface area contributed by atoms with Gasteiger partial charge in [0.15, 0.2) is 5.11 Å². The Kier molecular flexibility index (Phi) is 4.47. The quantitative estimate of drug-likeness (QED) is 0.792. The normalized spacial score (nSPS) is 30.5. The minimum atomic E-state index is -0.178. The molecular weight excluding hydrogens is 286 g/mol. The van der Waals surface area contributed by atoms with Crippen molar-refractivity contribution < 1.29 is 9.53 Å². The summed E-state index contributed by atoms with van der Waals surface area (Å²) in [4.78, 5) is 16.7. The predicted octanol–water partition coefficient (Wildman–Crippen LogP) is 1.13. The first kappa shape index (κ1) is 15.2.